The van der Waals surface area contributed by atoms with E-state index >= 15 is 0 Å². The summed E-state index contributed by atoms with van der Waals surface area (Å²) in [6.07, 6.45) is 8.17. The summed E-state index contributed by atoms with van der Waals surface area (Å²) in [4.78, 5) is 0. The number of fused-ring (bicyclic) bond motifs is 2. The molecule has 31 heavy (non-hydrogen) atoms. The number of aromatic nitrogens is 2. The van der Waals surface area contributed by atoms with Gasteiger partial charge in [0.25, 0.3) is 0 Å². The lowest BCUT2D eigenvalue weighted by Crippen LogP contribution is -2.33. The van der Waals surface area contributed by atoms with Crippen LogP contribution in [0.5, 0.6) is 0 Å². The second-order valence-electron chi connectivity index (χ2n) is 9.49. The lowest BCUT2D eigenvalue weighted by molar-refractivity contribution is 0.0594. The molecule has 1 aromatic carbocycles. The molecule has 0 radical (unpaired) electrons. The van der Waals surface area contributed by atoms with E-state index in [1.165, 1.54) is 59.9 Å². The minimum absolute atomic E-state index is 0.497. The molecule has 6 heteroatoms. The Morgan fingerprint density at radius 3 is 2.87 bits per heavy atom. The highest BCUT2D eigenvalue weighted by molar-refractivity contribution is 7.18. The summed E-state index contributed by atoms with van der Waals surface area (Å²) in [7, 11) is 0. The van der Waals surface area contributed by atoms with Crippen molar-refractivity contribution in [1.29, 1.82) is 0 Å². The van der Waals surface area contributed by atoms with E-state index in [4.69, 9.17) is 4.74 Å². The molecular formula is C25H30N4OS. The van der Waals surface area contributed by atoms with Gasteiger partial charge in [-0.15, -0.1) is 16.4 Å². The fourth-order valence-corrected chi connectivity index (χ4v) is 7.05. The molecule has 3 fully saturated rings. The average Bonchev–Trinajstić information content (AvgIpc) is 3.51. The van der Waals surface area contributed by atoms with E-state index in [9.17, 15) is 0 Å². The molecule has 2 saturated heterocycles. The zero-order valence-corrected chi connectivity index (χ0v) is 18.6. The molecule has 162 valence electrons. The third-order valence-corrected chi connectivity index (χ3v) is 8.65. The number of thiophene rings is 1. The molecular weight excluding hydrogens is 404 g/mol. The van der Waals surface area contributed by atoms with Gasteiger partial charge in [-0.3, -0.25) is 0 Å². The molecule has 2 N–H and O–H groups in total. The topological polar surface area (TPSA) is 59.1 Å². The molecule has 0 spiro atoms. The van der Waals surface area contributed by atoms with Gasteiger partial charge in [0, 0.05) is 36.2 Å². The molecule has 0 unspecified atom stereocenters. The van der Waals surface area contributed by atoms with Gasteiger partial charge in [0.1, 0.15) is 0 Å². The highest BCUT2D eigenvalue weighted by Gasteiger charge is 2.44. The third kappa shape index (κ3) is 3.86. The van der Waals surface area contributed by atoms with Gasteiger partial charge in [0.15, 0.2) is 5.82 Å². The Morgan fingerprint density at radius 1 is 1.13 bits per heavy atom. The van der Waals surface area contributed by atoms with Crippen LogP contribution in [0.4, 0.5) is 5.82 Å². The zero-order chi connectivity index (χ0) is 20.6. The minimum Gasteiger partial charge on any atom is -0.381 e. The van der Waals surface area contributed by atoms with Gasteiger partial charge >= 0.3 is 0 Å². The van der Waals surface area contributed by atoms with Crippen molar-refractivity contribution in [2.24, 2.45) is 17.8 Å². The van der Waals surface area contributed by atoms with Crippen molar-refractivity contribution < 1.29 is 4.74 Å². The second-order valence-corrected chi connectivity index (χ2v) is 10.4. The van der Waals surface area contributed by atoms with Crippen molar-refractivity contribution in [2.45, 2.75) is 44.2 Å². The Balaban J connectivity index is 1.17. The van der Waals surface area contributed by atoms with Gasteiger partial charge in [0.05, 0.1) is 10.9 Å². The predicted octanol–water partition coefficient (Wildman–Crippen LogP) is 4.95. The number of ether oxygens (including phenoxy) is 1. The molecule has 2 aromatic heterocycles. The summed E-state index contributed by atoms with van der Waals surface area (Å²) in [5.41, 5.74) is 2.49. The van der Waals surface area contributed by atoms with Gasteiger partial charge in [0.2, 0.25) is 0 Å². The molecule has 3 aromatic rings. The van der Waals surface area contributed by atoms with Crippen LogP contribution in [-0.2, 0) is 4.74 Å². The van der Waals surface area contributed by atoms with Crippen LogP contribution in [0, 0.1) is 17.8 Å². The molecule has 1 saturated carbocycles. The number of benzene rings is 1. The Bertz CT molecular complexity index is 1030. The molecule has 6 rings (SSSR count). The van der Waals surface area contributed by atoms with Crippen molar-refractivity contribution in [1.82, 2.24) is 15.5 Å². The van der Waals surface area contributed by atoms with Crippen LogP contribution in [0.1, 0.15) is 32.1 Å². The molecule has 4 atom stereocenters. The third-order valence-electron chi connectivity index (χ3n) is 7.65. The number of hydrogen-bond donors (Lipinski definition) is 2. The maximum Gasteiger partial charge on any atom is 0.166 e. The van der Waals surface area contributed by atoms with Crippen molar-refractivity contribution in [3.8, 4) is 11.1 Å². The SMILES string of the molecule is c1ccc(-c2csc3c(N[C@H]4C[C@@H]5CN[C@@H](CC6CCOCC6)[C@H]5C4)nncc23)cc1. The second kappa shape index (κ2) is 8.49. The quantitative estimate of drug-likeness (QED) is 0.595. The molecule has 0 amide bonds. The molecule has 4 heterocycles. The normalized spacial score (nSPS) is 28.8. The highest BCUT2D eigenvalue weighted by Crippen LogP contribution is 2.43. The molecule has 5 nitrogen and oxygen atoms in total. The van der Waals surface area contributed by atoms with Crippen LogP contribution in [0.15, 0.2) is 41.9 Å². The van der Waals surface area contributed by atoms with E-state index in [1.807, 2.05) is 6.20 Å². The summed E-state index contributed by atoms with van der Waals surface area (Å²) in [5, 5.41) is 19.9. The summed E-state index contributed by atoms with van der Waals surface area (Å²) >= 11 is 1.77. The maximum atomic E-state index is 5.56. The van der Waals surface area contributed by atoms with E-state index in [0.717, 1.165) is 36.8 Å². The minimum atomic E-state index is 0.497. The van der Waals surface area contributed by atoms with Crippen LogP contribution in [-0.4, -0.2) is 42.0 Å². The lowest BCUT2D eigenvalue weighted by Gasteiger charge is -2.27. The molecule has 3 aliphatic rings. The number of nitrogens with zero attached hydrogens (tertiary/aromatic N) is 2. The van der Waals surface area contributed by atoms with Gasteiger partial charge in [-0.2, -0.15) is 5.10 Å². The standard InChI is InChI=1S/C25H30N4OS/c1-2-4-17(5-3-1)22-15-31-24-21(22)14-27-29-25(24)28-19-11-18-13-26-23(20(18)12-19)10-16-6-8-30-9-7-16/h1-5,14-16,18-20,23,26H,6-13H2,(H,28,29)/t18-,19+,20+,23+/m1/s1. The first-order valence-corrected chi connectivity index (χ1v) is 12.6. The molecule has 2 aliphatic heterocycles. The Kier molecular flexibility index (Phi) is 5.38. The van der Waals surface area contributed by atoms with Gasteiger partial charge in [-0.1, -0.05) is 30.3 Å². The van der Waals surface area contributed by atoms with E-state index in [2.05, 4.69) is 56.5 Å². The van der Waals surface area contributed by atoms with Crippen LogP contribution in [0.2, 0.25) is 0 Å². The Labute approximate surface area is 187 Å². The fraction of sp³-hybridized carbons (Fsp3) is 0.520. The van der Waals surface area contributed by atoms with Crippen LogP contribution < -0.4 is 10.6 Å². The monoisotopic (exact) mass is 434 g/mol. The van der Waals surface area contributed by atoms with Crippen molar-refractivity contribution in [2.75, 3.05) is 25.1 Å². The number of hydrogen-bond acceptors (Lipinski definition) is 6. The van der Waals surface area contributed by atoms with Crippen molar-refractivity contribution >= 4 is 27.2 Å². The van der Waals surface area contributed by atoms with E-state index in [1.54, 1.807) is 11.3 Å². The summed E-state index contributed by atoms with van der Waals surface area (Å²) in [6, 6.07) is 11.7. The average molecular weight is 435 g/mol. The smallest absolute Gasteiger partial charge is 0.166 e. The number of anilines is 1. The summed E-state index contributed by atoms with van der Waals surface area (Å²) < 4.78 is 6.78. The van der Waals surface area contributed by atoms with Crippen LogP contribution >= 0.6 is 11.3 Å². The molecule has 1 aliphatic carbocycles. The summed E-state index contributed by atoms with van der Waals surface area (Å²) in [5.74, 6) is 3.37. The largest absolute Gasteiger partial charge is 0.381 e. The first kappa shape index (κ1) is 19.6. The van der Waals surface area contributed by atoms with Gasteiger partial charge in [-0.05, 0) is 67.3 Å². The predicted molar refractivity (Wildman–Crippen MR) is 126 cm³/mol. The van der Waals surface area contributed by atoms with Crippen molar-refractivity contribution in [3.63, 3.8) is 0 Å². The Hall–Kier alpha value is -2.02. The summed E-state index contributed by atoms with van der Waals surface area (Å²) in [6.45, 7) is 3.07. The van der Waals surface area contributed by atoms with Crippen LogP contribution in [0.25, 0.3) is 21.2 Å². The number of nitrogens with one attached hydrogen (secondary N) is 2. The van der Waals surface area contributed by atoms with Gasteiger partial charge < -0.3 is 15.4 Å². The van der Waals surface area contributed by atoms with Gasteiger partial charge in [-0.25, -0.2) is 0 Å². The van der Waals surface area contributed by atoms with E-state index in [-0.39, 0.29) is 0 Å². The zero-order valence-electron chi connectivity index (χ0n) is 17.8. The van der Waals surface area contributed by atoms with E-state index in [0.29, 0.717) is 12.1 Å². The van der Waals surface area contributed by atoms with E-state index < -0.39 is 0 Å². The van der Waals surface area contributed by atoms with Crippen molar-refractivity contribution in [3.05, 3.63) is 41.9 Å². The first-order valence-electron chi connectivity index (χ1n) is 11.7. The molecule has 0 bridgehead atoms. The highest BCUT2D eigenvalue weighted by atomic mass is 32.1. The lowest BCUT2D eigenvalue weighted by atomic mass is 9.85. The Morgan fingerprint density at radius 2 is 2.00 bits per heavy atom. The first-order chi connectivity index (χ1) is 15.3. The maximum absolute atomic E-state index is 5.56. The number of rotatable bonds is 5. The fourth-order valence-electron chi connectivity index (χ4n) is 6.05. The van der Waals surface area contributed by atoms with Crippen LogP contribution in [0.3, 0.4) is 0 Å².